The number of carbonyl (C=O) groups excluding carboxylic acids is 1. The van der Waals surface area contributed by atoms with Gasteiger partial charge >= 0.3 is 0 Å². The Hall–Kier alpha value is -2.86. The first-order valence-corrected chi connectivity index (χ1v) is 11.7. The van der Waals surface area contributed by atoms with Gasteiger partial charge in [0.25, 0.3) is 0 Å². The summed E-state index contributed by atoms with van der Waals surface area (Å²) in [6.45, 7) is 12.1. The number of carbonyl (C=O) groups is 1. The van der Waals surface area contributed by atoms with Gasteiger partial charge in [-0.3, -0.25) is 14.8 Å². The molecule has 6 nitrogen and oxygen atoms in total. The standard InChI is InChI=1S/C26H33N5O/c1-19(32)31-18-26(2,3)17-21-16-20(8-9-24(21)31)10-11-29-12-14-30(15-13-29)25-22-6-4-5-7-23(22)27-28-25/h4-9,16H,10-15,17-18H2,1-3H3,(H,27,28). The third kappa shape index (κ3) is 4.11. The highest BCUT2D eigenvalue weighted by molar-refractivity contribution is 5.93. The summed E-state index contributed by atoms with van der Waals surface area (Å²) < 4.78 is 0. The first-order chi connectivity index (χ1) is 15.4. The van der Waals surface area contributed by atoms with E-state index in [1.807, 2.05) is 11.0 Å². The number of anilines is 2. The summed E-state index contributed by atoms with van der Waals surface area (Å²) in [6, 6.07) is 15.0. The van der Waals surface area contributed by atoms with E-state index in [-0.39, 0.29) is 11.3 Å². The molecule has 2 aliphatic heterocycles. The van der Waals surface area contributed by atoms with E-state index < -0.39 is 0 Å². The minimum atomic E-state index is 0.115. The molecule has 168 valence electrons. The molecule has 2 aromatic carbocycles. The first kappa shape index (κ1) is 21.0. The van der Waals surface area contributed by atoms with E-state index in [1.54, 1.807) is 6.92 Å². The zero-order valence-corrected chi connectivity index (χ0v) is 19.4. The number of para-hydroxylation sites is 1. The second-order valence-electron chi connectivity index (χ2n) is 10.1. The number of aromatic nitrogens is 2. The third-order valence-corrected chi connectivity index (χ3v) is 6.91. The quantitative estimate of drug-likeness (QED) is 0.682. The van der Waals surface area contributed by atoms with Crippen LogP contribution in [-0.4, -0.2) is 60.3 Å². The van der Waals surface area contributed by atoms with Gasteiger partial charge < -0.3 is 9.80 Å². The van der Waals surface area contributed by atoms with Crippen LogP contribution >= 0.6 is 0 Å². The fourth-order valence-corrected chi connectivity index (χ4v) is 5.23. The van der Waals surface area contributed by atoms with E-state index in [0.29, 0.717) is 0 Å². The number of hydrogen-bond donors (Lipinski definition) is 1. The lowest BCUT2D eigenvalue weighted by atomic mass is 9.80. The minimum absolute atomic E-state index is 0.115. The van der Waals surface area contributed by atoms with Crippen molar-refractivity contribution in [3.8, 4) is 0 Å². The molecule has 1 N–H and O–H groups in total. The van der Waals surface area contributed by atoms with E-state index in [0.717, 1.165) is 69.1 Å². The molecule has 0 unspecified atom stereocenters. The highest BCUT2D eigenvalue weighted by atomic mass is 16.2. The van der Waals surface area contributed by atoms with E-state index >= 15 is 0 Å². The van der Waals surface area contributed by atoms with Crippen LogP contribution in [0.5, 0.6) is 0 Å². The van der Waals surface area contributed by atoms with Crippen molar-refractivity contribution in [1.82, 2.24) is 15.1 Å². The molecular formula is C26H33N5O. The molecule has 1 amide bonds. The van der Waals surface area contributed by atoms with Crippen LogP contribution in [-0.2, 0) is 17.6 Å². The number of nitrogens with one attached hydrogen (secondary N) is 1. The number of rotatable bonds is 4. The molecule has 2 aliphatic rings. The predicted octanol–water partition coefficient (Wildman–Crippen LogP) is 3.86. The van der Waals surface area contributed by atoms with Crippen molar-refractivity contribution < 1.29 is 4.79 Å². The molecule has 32 heavy (non-hydrogen) atoms. The number of piperazine rings is 1. The first-order valence-electron chi connectivity index (χ1n) is 11.7. The highest BCUT2D eigenvalue weighted by Crippen LogP contribution is 2.37. The van der Waals surface area contributed by atoms with Gasteiger partial charge in [0.2, 0.25) is 5.91 Å². The largest absolute Gasteiger partial charge is 0.352 e. The zero-order chi connectivity index (χ0) is 22.3. The highest BCUT2D eigenvalue weighted by Gasteiger charge is 2.32. The van der Waals surface area contributed by atoms with Gasteiger partial charge in [0, 0.05) is 57.3 Å². The smallest absolute Gasteiger partial charge is 0.223 e. The third-order valence-electron chi connectivity index (χ3n) is 6.91. The molecule has 3 heterocycles. The van der Waals surface area contributed by atoms with Crippen molar-refractivity contribution in [3.05, 3.63) is 53.6 Å². The van der Waals surface area contributed by atoms with E-state index in [2.05, 4.69) is 70.2 Å². The van der Waals surface area contributed by atoms with Crippen molar-refractivity contribution >= 4 is 28.3 Å². The number of aromatic amines is 1. The Morgan fingerprint density at radius 3 is 2.66 bits per heavy atom. The molecule has 0 saturated carbocycles. The van der Waals surface area contributed by atoms with Gasteiger partial charge in [-0.1, -0.05) is 38.1 Å². The van der Waals surface area contributed by atoms with Crippen LogP contribution in [0.25, 0.3) is 10.9 Å². The average molecular weight is 432 g/mol. The van der Waals surface area contributed by atoms with Crippen LogP contribution in [0.2, 0.25) is 0 Å². The average Bonchev–Trinajstić information content (AvgIpc) is 3.21. The van der Waals surface area contributed by atoms with Gasteiger partial charge in [-0.15, -0.1) is 0 Å². The molecule has 0 radical (unpaired) electrons. The maximum Gasteiger partial charge on any atom is 0.223 e. The van der Waals surface area contributed by atoms with E-state index in [4.69, 9.17) is 0 Å². The van der Waals surface area contributed by atoms with Gasteiger partial charge in [-0.2, -0.15) is 5.10 Å². The van der Waals surface area contributed by atoms with Crippen LogP contribution in [0.15, 0.2) is 42.5 Å². The van der Waals surface area contributed by atoms with Crippen molar-refractivity contribution in [2.75, 3.05) is 49.1 Å². The minimum Gasteiger partial charge on any atom is -0.352 e. The number of amides is 1. The van der Waals surface area contributed by atoms with Gasteiger partial charge in [-0.25, -0.2) is 0 Å². The number of nitrogens with zero attached hydrogens (tertiary/aromatic N) is 4. The molecule has 1 fully saturated rings. The van der Waals surface area contributed by atoms with Crippen molar-refractivity contribution in [1.29, 1.82) is 0 Å². The lowest BCUT2D eigenvalue weighted by Gasteiger charge is -2.39. The van der Waals surface area contributed by atoms with Crippen molar-refractivity contribution in [2.24, 2.45) is 5.41 Å². The van der Waals surface area contributed by atoms with Gasteiger partial charge in [0.15, 0.2) is 5.82 Å². The molecule has 0 bridgehead atoms. The Morgan fingerprint density at radius 2 is 1.88 bits per heavy atom. The van der Waals surface area contributed by atoms with Gasteiger partial charge in [0.1, 0.15) is 0 Å². The summed E-state index contributed by atoms with van der Waals surface area (Å²) in [5, 5.41) is 8.92. The SMILES string of the molecule is CC(=O)N1CC(C)(C)Cc2cc(CCN3CCN(c4n[nH]c5ccccc45)CC3)ccc21. The van der Waals surface area contributed by atoms with Crippen LogP contribution in [0.4, 0.5) is 11.5 Å². The molecule has 0 atom stereocenters. The maximum absolute atomic E-state index is 12.2. The monoisotopic (exact) mass is 431 g/mol. The normalized spacial score (nSPS) is 18.7. The van der Waals surface area contributed by atoms with E-state index in [9.17, 15) is 4.79 Å². The Labute approximate surface area is 190 Å². The topological polar surface area (TPSA) is 55.5 Å². The molecule has 3 aromatic rings. The Kier molecular flexibility index (Phi) is 5.41. The zero-order valence-electron chi connectivity index (χ0n) is 19.4. The van der Waals surface area contributed by atoms with Crippen molar-refractivity contribution in [2.45, 2.75) is 33.6 Å². The van der Waals surface area contributed by atoms with E-state index in [1.165, 1.54) is 16.5 Å². The fraction of sp³-hybridized carbons (Fsp3) is 0.462. The lowest BCUT2D eigenvalue weighted by Crippen LogP contribution is -2.47. The van der Waals surface area contributed by atoms with Crippen molar-refractivity contribution in [3.63, 3.8) is 0 Å². The van der Waals surface area contributed by atoms with Gasteiger partial charge in [0.05, 0.1) is 5.52 Å². The summed E-state index contributed by atoms with van der Waals surface area (Å²) in [5.41, 5.74) is 4.99. The second-order valence-corrected chi connectivity index (χ2v) is 10.1. The van der Waals surface area contributed by atoms with Crippen LogP contribution in [0.3, 0.4) is 0 Å². The van der Waals surface area contributed by atoms with Gasteiger partial charge in [-0.05, 0) is 47.6 Å². The summed E-state index contributed by atoms with van der Waals surface area (Å²) in [5.74, 6) is 1.21. The number of fused-ring (bicyclic) bond motifs is 2. The molecule has 6 heteroatoms. The Morgan fingerprint density at radius 1 is 1.09 bits per heavy atom. The summed E-state index contributed by atoms with van der Waals surface area (Å²) in [6.07, 6.45) is 2.06. The second kappa shape index (κ2) is 8.24. The molecule has 1 aromatic heterocycles. The van der Waals surface area contributed by atoms with Crippen LogP contribution < -0.4 is 9.80 Å². The lowest BCUT2D eigenvalue weighted by molar-refractivity contribution is -0.117. The Bertz CT molecular complexity index is 1130. The molecule has 5 rings (SSSR count). The molecule has 0 aliphatic carbocycles. The fourth-order valence-electron chi connectivity index (χ4n) is 5.23. The molecule has 1 saturated heterocycles. The molecular weight excluding hydrogens is 398 g/mol. The summed E-state index contributed by atoms with van der Waals surface area (Å²) in [7, 11) is 0. The van der Waals surface area contributed by atoms with Crippen LogP contribution in [0.1, 0.15) is 31.9 Å². The summed E-state index contributed by atoms with van der Waals surface area (Å²) >= 11 is 0. The van der Waals surface area contributed by atoms with Crippen LogP contribution in [0, 0.1) is 5.41 Å². The summed E-state index contributed by atoms with van der Waals surface area (Å²) in [4.78, 5) is 19.1. The number of benzene rings is 2. The number of H-pyrrole nitrogens is 1. The number of hydrogen-bond acceptors (Lipinski definition) is 4. The molecule has 0 spiro atoms. The Balaban J connectivity index is 1.21. The predicted molar refractivity (Wildman–Crippen MR) is 130 cm³/mol. The maximum atomic E-state index is 12.2.